The molecule has 4 heteroatoms. The van der Waals surface area contributed by atoms with Crippen molar-refractivity contribution in [1.29, 1.82) is 0 Å². The number of hydrogen-bond donors (Lipinski definition) is 1. The van der Waals surface area contributed by atoms with Gasteiger partial charge in [0.2, 0.25) is 0 Å². The largest absolute Gasteiger partial charge is 0.495 e. The molecule has 2 rings (SSSR count). The zero-order chi connectivity index (χ0) is 13.2. The van der Waals surface area contributed by atoms with Crippen molar-refractivity contribution in [1.82, 2.24) is 5.32 Å². The Labute approximate surface area is 113 Å². The van der Waals surface area contributed by atoms with Crippen LogP contribution in [0.25, 0.3) is 0 Å². The minimum atomic E-state index is -0.0101. The Morgan fingerprint density at radius 2 is 2.17 bits per heavy atom. The van der Waals surface area contributed by atoms with E-state index in [2.05, 4.69) is 12.2 Å². The van der Waals surface area contributed by atoms with Crippen LogP contribution in [0.5, 0.6) is 5.75 Å². The monoisotopic (exact) mass is 269 g/mol. The Bertz CT molecular complexity index is 428. The van der Waals surface area contributed by atoms with Crippen LogP contribution in [0.15, 0.2) is 12.1 Å². The van der Waals surface area contributed by atoms with Gasteiger partial charge in [-0.2, -0.15) is 0 Å². The van der Waals surface area contributed by atoms with Crippen LogP contribution in [0.1, 0.15) is 30.9 Å². The van der Waals surface area contributed by atoms with E-state index in [1.807, 2.05) is 12.1 Å². The van der Waals surface area contributed by atoms with E-state index >= 15 is 0 Å². The third kappa shape index (κ3) is 2.48. The van der Waals surface area contributed by atoms with Crippen molar-refractivity contribution in [3.8, 4) is 5.75 Å². The predicted octanol–water partition coefficient (Wildman–Crippen LogP) is 3.09. The van der Waals surface area contributed by atoms with Gasteiger partial charge in [0, 0.05) is 12.6 Å². The highest BCUT2D eigenvalue weighted by Gasteiger charge is 2.32. The maximum atomic E-state index is 6.25. The minimum absolute atomic E-state index is 0.0101. The van der Waals surface area contributed by atoms with Gasteiger partial charge in [-0.3, -0.25) is 0 Å². The Kier molecular flexibility index (Phi) is 4.15. The van der Waals surface area contributed by atoms with Crippen molar-refractivity contribution >= 4 is 11.6 Å². The quantitative estimate of drug-likeness (QED) is 0.911. The Morgan fingerprint density at radius 1 is 1.39 bits per heavy atom. The molecule has 1 unspecified atom stereocenters. The van der Waals surface area contributed by atoms with Gasteiger partial charge in [-0.1, -0.05) is 11.6 Å². The van der Waals surface area contributed by atoms with Crippen LogP contribution in [0.2, 0.25) is 5.02 Å². The minimum Gasteiger partial charge on any atom is -0.495 e. The van der Waals surface area contributed by atoms with Crippen LogP contribution in [0.3, 0.4) is 0 Å². The van der Waals surface area contributed by atoms with Crippen molar-refractivity contribution in [3.63, 3.8) is 0 Å². The van der Waals surface area contributed by atoms with Crippen molar-refractivity contribution in [3.05, 3.63) is 28.3 Å². The molecule has 0 saturated carbocycles. The molecule has 0 spiro atoms. The van der Waals surface area contributed by atoms with Gasteiger partial charge in [0.25, 0.3) is 0 Å². The molecule has 1 aromatic rings. The molecule has 1 saturated heterocycles. The fourth-order valence-electron chi connectivity index (χ4n) is 2.66. The molecule has 3 nitrogen and oxygen atoms in total. The first-order chi connectivity index (χ1) is 8.60. The van der Waals surface area contributed by atoms with Crippen molar-refractivity contribution in [2.45, 2.75) is 31.9 Å². The number of methoxy groups -OCH3 is 2. The molecular weight excluding hydrogens is 250 g/mol. The Morgan fingerprint density at radius 3 is 2.72 bits per heavy atom. The van der Waals surface area contributed by atoms with E-state index in [-0.39, 0.29) is 5.54 Å². The summed E-state index contributed by atoms with van der Waals surface area (Å²) in [5.41, 5.74) is 2.34. The number of nitrogens with one attached hydrogen (secondary N) is 1. The molecule has 1 aliphatic rings. The summed E-state index contributed by atoms with van der Waals surface area (Å²) < 4.78 is 10.6. The number of halogens is 1. The predicted molar refractivity (Wildman–Crippen MR) is 73.3 cm³/mol. The molecule has 18 heavy (non-hydrogen) atoms. The van der Waals surface area contributed by atoms with Crippen molar-refractivity contribution < 1.29 is 9.47 Å². The fraction of sp³-hybridized carbons (Fsp3) is 0.571. The fourth-order valence-corrected chi connectivity index (χ4v) is 2.91. The van der Waals surface area contributed by atoms with Crippen LogP contribution in [0, 0.1) is 0 Å². The number of ether oxygens (including phenoxy) is 2. The molecule has 0 aromatic heterocycles. The van der Waals surface area contributed by atoms with E-state index in [9.17, 15) is 0 Å². The first-order valence-corrected chi connectivity index (χ1v) is 6.59. The second kappa shape index (κ2) is 5.47. The summed E-state index contributed by atoms with van der Waals surface area (Å²) in [6.07, 6.45) is 2.30. The topological polar surface area (TPSA) is 30.5 Å². The molecule has 1 aromatic carbocycles. The van der Waals surface area contributed by atoms with Crippen LogP contribution in [0.4, 0.5) is 0 Å². The lowest BCUT2D eigenvalue weighted by Gasteiger charge is -2.28. The molecule has 1 heterocycles. The van der Waals surface area contributed by atoms with Crippen molar-refractivity contribution in [2.75, 3.05) is 20.8 Å². The zero-order valence-corrected chi connectivity index (χ0v) is 11.9. The standard InChI is InChI=1S/C14H20ClNO2/c1-14(5-4-6-16-14)11-8-12(15)13(18-3)7-10(11)9-17-2/h7-8,16H,4-6,9H2,1-3H3. The third-order valence-electron chi connectivity index (χ3n) is 3.64. The van der Waals surface area contributed by atoms with Crippen molar-refractivity contribution in [2.24, 2.45) is 0 Å². The lowest BCUT2D eigenvalue weighted by atomic mass is 9.87. The molecule has 100 valence electrons. The highest BCUT2D eigenvalue weighted by molar-refractivity contribution is 6.32. The van der Waals surface area contributed by atoms with Gasteiger partial charge >= 0.3 is 0 Å². The van der Waals surface area contributed by atoms with E-state index < -0.39 is 0 Å². The summed E-state index contributed by atoms with van der Waals surface area (Å²) in [6.45, 7) is 3.84. The van der Waals surface area contributed by atoms with Gasteiger partial charge in [-0.25, -0.2) is 0 Å². The number of benzene rings is 1. The van der Waals surface area contributed by atoms with Crippen LogP contribution < -0.4 is 10.1 Å². The second-order valence-electron chi connectivity index (χ2n) is 4.94. The lowest BCUT2D eigenvalue weighted by Crippen LogP contribution is -2.34. The second-order valence-corrected chi connectivity index (χ2v) is 5.35. The van der Waals surface area contributed by atoms with Crippen LogP contribution in [-0.4, -0.2) is 20.8 Å². The molecule has 0 aliphatic carbocycles. The summed E-state index contributed by atoms with van der Waals surface area (Å²) in [5, 5.41) is 4.21. The summed E-state index contributed by atoms with van der Waals surface area (Å²) in [7, 11) is 3.34. The van der Waals surface area contributed by atoms with E-state index in [0.717, 1.165) is 18.5 Å². The number of hydrogen-bond acceptors (Lipinski definition) is 3. The van der Waals surface area contributed by atoms with Gasteiger partial charge in [0.1, 0.15) is 5.75 Å². The zero-order valence-electron chi connectivity index (χ0n) is 11.2. The lowest BCUT2D eigenvalue weighted by molar-refractivity contribution is 0.182. The van der Waals surface area contributed by atoms with Gasteiger partial charge in [0.05, 0.1) is 18.7 Å². The molecule has 1 fully saturated rings. The normalized spacial score (nSPS) is 23.3. The molecule has 0 amide bonds. The Hall–Kier alpha value is -0.770. The first-order valence-electron chi connectivity index (χ1n) is 6.21. The average molecular weight is 270 g/mol. The number of rotatable bonds is 4. The van der Waals surface area contributed by atoms with E-state index in [1.54, 1.807) is 14.2 Å². The highest BCUT2D eigenvalue weighted by atomic mass is 35.5. The summed E-state index contributed by atoms with van der Waals surface area (Å²) in [6, 6.07) is 3.99. The molecule has 0 radical (unpaired) electrons. The van der Waals surface area contributed by atoms with E-state index in [1.165, 1.54) is 12.0 Å². The molecule has 1 atom stereocenters. The third-order valence-corrected chi connectivity index (χ3v) is 3.94. The maximum absolute atomic E-state index is 6.25. The van der Waals surface area contributed by atoms with Crippen LogP contribution >= 0.6 is 11.6 Å². The Balaban J connectivity index is 2.47. The summed E-state index contributed by atoms with van der Waals surface area (Å²) in [4.78, 5) is 0. The van der Waals surface area contributed by atoms with Gasteiger partial charge in [-0.15, -0.1) is 0 Å². The smallest absolute Gasteiger partial charge is 0.137 e. The summed E-state index contributed by atoms with van der Waals surface area (Å²) in [5.74, 6) is 0.703. The highest BCUT2D eigenvalue weighted by Crippen LogP contribution is 2.38. The van der Waals surface area contributed by atoms with Gasteiger partial charge in [-0.05, 0) is 49.6 Å². The van der Waals surface area contributed by atoms with Gasteiger partial charge < -0.3 is 14.8 Å². The maximum Gasteiger partial charge on any atom is 0.137 e. The average Bonchev–Trinajstić information content (AvgIpc) is 2.79. The molecule has 1 aliphatic heterocycles. The van der Waals surface area contributed by atoms with E-state index in [4.69, 9.17) is 21.1 Å². The molecule has 0 bridgehead atoms. The molecule has 1 N–H and O–H groups in total. The molecular formula is C14H20ClNO2. The first kappa shape index (κ1) is 13.7. The summed E-state index contributed by atoms with van der Waals surface area (Å²) >= 11 is 6.25. The van der Waals surface area contributed by atoms with Gasteiger partial charge in [0.15, 0.2) is 0 Å². The van der Waals surface area contributed by atoms with Crippen LogP contribution in [-0.2, 0) is 16.9 Å². The SMILES string of the molecule is COCc1cc(OC)c(Cl)cc1C1(C)CCCN1. The van der Waals surface area contributed by atoms with E-state index in [0.29, 0.717) is 17.4 Å².